The minimum Gasteiger partial charge on any atom is -0.400 e. The smallest absolute Gasteiger partial charge is 0.381 e. The Morgan fingerprint density at radius 3 is 1.30 bits per heavy atom. The second-order valence-electron chi connectivity index (χ2n) is 5.44. The highest BCUT2D eigenvalue weighted by Gasteiger charge is 2.85. The van der Waals surface area contributed by atoms with Crippen LogP contribution in [0.1, 0.15) is 13.3 Å². The summed E-state index contributed by atoms with van der Waals surface area (Å²) in [5.74, 6) is -28.0. The van der Waals surface area contributed by atoms with E-state index in [0.717, 1.165) is 21.1 Å². The SMILES string of the molecule is CCC(C(F)C(F)(F)C(F)(F)C(F)(F)C(F)(F)C(F)C(F)F)[SiH](OC)OC. The molecule has 15 heteroatoms. The summed E-state index contributed by atoms with van der Waals surface area (Å²) in [6.07, 6.45) is -15.0. The minimum absolute atomic E-state index is 0.698. The second-order valence-corrected chi connectivity index (χ2v) is 7.98. The Morgan fingerprint density at radius 1 is 0.704 bits per heavy atom. The first-order chi connectivity index (χ1) is 12.0. The van der Waals surface area contributed by atoms with Crippen molar-refractivity contribution in [1.82, 2.24) is 0 Å². The van der Waals surface area contributed by atoms with Crippen LogP contribution in [0, 0.1) is 0 Å². The highest BCUT2D eigenvalue weighted by atomic mass is 28.3. The first kappa shape index (κ1) is 26.3. The molecule has 3 atom stereocenters. The van der Waals surface area contributed by atoms with Gasteiger partial charge in [-0.1, -0.05) is 6.92 Å². The molecule has 0 N–H and O–H groups in total. The number of alkyl halides is 12. The fourth-order valence-electron chi connectivity index (χ4n) is 2.18. The van der Waals surface area contributed by atoms with Crippen LogP contribution in [0.4, 0.5) is 52.7 Å². The quantitative estimate of drug-likeness (QED) is 0.335. The average molecular weight is 448 g/mol. The molecule has 0 rings (SSSR count). The topological polar surface area (TPSA) is 18.5 Å². The van der Waals surface area contributed by atoms with Gasteiger partial charge in [0.15, 0.2) is 6.17 Å². The Balaban J connectivity index is 6.13. The first-order valence-electron chi connectivity index (χ1n) is 7.12. The van der Waals surface area contributed by atoms with Gasteiger partial charge in [-0.2, -0.15) is 35.1 Å². The van der Waals surface area contributed by atoms with Gasteiger partial charge >= 0.3 is 33.0 Å². The van der Waals surface area contributed by atoms with E-state index >= 15 is 0 Å². The van der Waals surface area contributed by atoms with Gasteiger partial charge in [0.25, 0.3) is 6.43 Å². The predicted molar refractivity (Wildman–Crippen MR) is 70.8 cm³/mol. The zero-order valence-corrected chi connectivity index (χ0v) is 15.1. The summed E-state index contributed by atoms with van der Waals surface area (Å²) < 4.78 is 168. The van der Waals surface area contributed by atoms with Crippen LogP contribution in [-0.2, 0) is 8.85 Å². The molecule has 0 bridgehead atoms. The maximum atomic E-state index is 14.1. The molecule has 0 saturated carbocycles. The second kappa shape index (κ2) is 8.76. The summed E-state index contributed by atoms with van der Waals surface area (Å²) in [5.41, 5.74) is -2.21. The van der Waals surface area contributed by atoms with E-state index in [0.29, 0.717) is 0 Å². The zero-order chi connectivity index (χ0) is 22.0. The molecule has 0 aliphatic heterocycles. The van der Waals surface area contributed by atoms with Crippen molar-refractivity contribution in [2.75, 3.05) is 14.2 Å². The Kier molecular flexibility index (Phi) is 8.53. The summed E-state index contributed by atoms with van der Waals surface area (Å²) in [6.45, 7) is 0.977. The van der Waals surface area contributed by atoms with Gasteiger partial charge in [0.1, 0.15) is 0 Å². The van der Waals surface area contributed by atoms with Gasteiger partial charge in [0.2, 0.25) is 6.17 Å². The predicted octanol–water partition coefficient (Wildman–Crippen LogP) is 4.76. The Labute approximate surface area is 147 Å². The van der Waals surface area contributed by atoms with E-state index in [1.54, 1.807) is 0 Å². The van der Waals surface area contributed by atoms with Crippen LogP contribution in [0.15, 0.2) is 0 Å². The molecule has 0 aliphatic carbocycles. The summed E-state index contributed by atoms with van der Waals surface area (Å²) in [6, 6.07) is 0. The molecule has 3 unspecified atom stereocenters. The van der Waals surface area contributed by atoms with Crippen molar-refractivity contribution in [2.24, 2.45) is 0 Å². The molecule has 27 heavy (non-hydrogen) atoms. The molecule has 0 aromatic rings. The highest BCUT2D eigenvalue weighted by Crippen LogP contribution is 2.57. The van der Waals surface area contributed by atoms with Crippen LogP contribution in [0.25, 0.3) is 0 Å². The molecule has 0 aromatic carbocycles. The summed E-state index contributed by atoms with van der Waals surface area (Å²) >= 11 is 0. The largest absolute Gasteiger partial charge is 0.400 e. The number of halogens is 12. The molecule has 2 nitrogen and oxygen atoms in total. The van der Waals surface area contributed by atoms with Crippen LogP contribution in [-0.4, -0.2) is 66.0 Å². The molecule has 0 heterocycles. The third-order valence-electron chi connectivity index (χ3n) is 3.81. The lowest BCUT2D eigenvalue weighted by molar-refractivity contribution is -0.388. The molecule has 0 amide bonds. The zero-order valence-electron chi connectivity index (χ0n) is 13.9. The number of hydrogen-bond donors (Lipinski definition) is 0. The van der Waals surface area contributed by atoms with E-state index in [4.69, 9.17) is 0 Å². The van der Waals surface area contributed by atoms with Crippen molar-refractivity contribution in [3.05, 3.63) is 0 Å². The van der Waals surface area contributed by atoms with E-state index in [-0.39, 0.29) is 0 Å². The maximum Gasteiger partial charge on any atom is 0.381 e. The molecule has 0 fully saturated rings. The Bertz CT molecular complexity index is 471. The van der Waals surface area contributed by atoms with Crippen molar-refractivity contribution in [3.8, 4) is 0 Å². The van der Waals surface area contributed by atoms with Crippen LogP contribution in [0.3, 0.4) is 0 Å². The minimum atomic E-state index is -7.35. The highest BCUT2D eigenvalue weighted by molar-refractivity contribution is 6.46. The number of rotatable bonds is 11. The lowest BCUT2D eigenvalue weighted by atomic mass is 9.92. The summed E-state index contributed by atoms with van der Waals surface area (Å²) in [7, 11) is -1.83. The third kappa shape index (κ3) is 4.33. The summed E-state index contributed by atoms with van der Waals surface area (Å²) in [5, 5.41) is 0. The van der Waals surface area contributed by atoms with Crippen molar-refractivity contribution >= 4 is 9.28 Å². The monoisotopic (exact) mass is 448 g/mol. The lowest BCUT2D eigenvalue weighted by Crippen LogP contribution is -2.68. The van der Waals surface area contributed by atoms with E-state index in [9.17, 15) is 52.7 Å². The molecule has 164 valence electrons. The lowest BCUT2D eigenvalue weighted by Gasteiger charge is -2.40. The Hall–Kier alpha value is -0.703. The van der Waals surface area contributed by atoms with E-state index in [2.05, 4.69) is 8.85 Å². The molecule has 0 aliphatic rings. The van der Waals surface area contributed by atoms with E-state index in [1.165, 1.54) is 0 Å². The van der Waals surface area contributed by atoms with Crippen LogP contribution < -0.4 is 0 Å². The standard InChI is InChI=1S/C12H16F12O2Si/c1-4-5(27(25-2)26-3)6(13)9(17,18)11(21,22)12(23,24)10(19,20)7(14)8(15)16/h5-8,27H,4H2,1-3H3. The van der Waals surface area contributed by atoms with Crippen molar-refractivity contribution in [1.29, 1.82) is 0 Å². The van der Waals surface area contributed by atoms with E-state index < -0.39 is 63.7 Å². The van der Waals surface area contributed by atoms with Crippen LogP contribution in [0.2, 0.25) is 5.54 Å². The number of hydrogen-bond acceptors (Lipinski definition) is 2. The molecule has 0 aromatic heterocycles. The van der Waals surface area contributed by atoms with Gasteiger partial charge in [-0.25, -0.2) is 17.6 Å². The summed E-state index contributed by atoms with van der Waals surface area (Å²) in [4.78, 5) is 0. The molecule has 0 saturated heterocycles. The third-order valence-corrected chi connectivity index (χ3v) is 6.24. The van der Waals surface area contributed by atoms with Crippen molar-refractivity contribution in [2.45, 2.75) is 61.3 Å². The molecule has 0 radical (unpaired) electrons. The maximum absolute atomic E-state index is 14.1. The van der Waals surface area contributed by atoms with Crippen molar-refractivity contribution < 1.29 is 61.5 Å². The normalized spacial score (nSPS) is 18.1. The van der Waals surface area contributed by atoms with Gasteiger partial charge in [0, 0.05) is 19.8 Å². The fraction of sp³-hybridized carbons (Fsp3) is 1.00. The Morgan fingerprint density at radius 2 is 1.04 bits per heavy atom. The van der Waals surface area contributed by atoms with Gasteiger partial charge in [-0.05, 0) is 6.42 Å². The first-order valence-corrected chi connectivity index (χ1v) is 8.72. The molecule has 0 spiro atoms. The van der Waals surface area contributed by atoms with Gasteiger partial charge in [0.05, 0.1) is 0 Å². The van der Waals surface area contributed by atoms with Gasteiger partial charge in [-0.3, -0.25) is 0 Å². The van der Waals surface area contributed by atoms with E-state index in [1.807, 2.05) is 0 Å². The van der Waals surface area contributed by atoms with Gasteiger partial charge < -0.3 is 8.85 Å². The molecular formula is C12H16F12O2Si. The molecular weight excluding hydrogens is 432 g/mol. The van der Waals surface area contributed by atoms with Gasteiger partial charge in [-0.15, -0.1) is 0 Å². The fourth-order valence-corrected chi connectivity index (χ4v) is 3.97. The van der Waals surface area contributed by atoms with Crippen LogP contribution in [0.5, 0.6) is 0 Å². The average Bonchev–Trinajstić information content (AvgIpc) is 2.57. The van der Waals surface area contributed by atoms with Crippen molar-refractivity contribution in [3.63, 3.8) is 0 Å². The van der Waals surface area contributed by atoms with Crippen LogP contribution >= 0.6 is 0 Å².